The second kappa shape index (κ2) is 6.59. The highest BCUT2D eigenvalue weighted by Crippen LogP contribution is 2.69. The molecule has 3 heteroatoms. The highest BCUT2D eigenvalue weighted by Gasteiger charge is 2.68. The van der Waals surface area contributed by atoms with Gasteiger partial charge in [0.15, 0.2) is 22.9 Å². The number of ketones is 2. The quantitative estimate of drug-likeness (QED) is 0.485. The van der Waals surface area contributed by atoms with E-state index in [1.54, 1.807) is 6.92 Å². The van der Waals surface area contributed by atoms with E-state index in [0.29, 0.717) is 35.9 Å². The molecule has 7 atom stereocenters. The van der Waals surface area contributed by atoms with Crippen molar-refractivity contribution >= 4 is 11.6 Å². The topological polar surface area (TPSA) is 43.4 Å². The maximum atomic E-state index is 12.9. The third-order valence-corrected chi connectivity index (χ3v) is 9.43. The van der Waals surface area contributed by atoms with E-state index in [1.807, 2.05) is 6.08 Å². The molecule has 3 nitrogen and oxygen atoms in total. The summed E-state index contributed by atoms with van der Waals surface area (Å²) in [4.78, 5) is 25.1. The summed E-state index contributed by atoms with van der Waals surface area (Å²) in [5.74, 6) is 5.12. The number of hydrogen-bond donors (Lipinski definition) is 0. The number of rotatable bonds is 3. The molecule has 3 saturated carbocycles. The Kier molecular flexibility index (Phi) is 4.65. The molecule has 4 rings (SSSR count). The van der Waals surface area contributed by atoms with Crippen molar-refractivity contribution in [1.29, 1.82) is 0 Å². The molecule has 0 amide bonds. The Morgan fingerprint density at radius 3 is 2.59 bits per heavy atom. The monoisotopic (exact) mass is 394 g/mol. The molecule has 0 bridgehead atoms. The minimum atomic E-state index is -0.852. The number of hydrogen-bond acceptors (Lipinski definition) is 3. The van der Waals surface area contributed by atoms with E-state index < -0.39 is 5.60 Å². The second-order valence-electron chi connectivity index (χ2n) is 10.5. The van der Waals surface area contributed by atoms with E-state index in [9.17, 15) is 9.59 Å². The number of Topliss-reactive ketones (excluding diaryl/α,β-unsaturated/α-hetero) is 1. The van der Waals surface area contributed by atoms with E-state index in [-0.39, 0.29) is 22.4 Å². The Labute approximate surface area is 175 Å². The molecule has 0 aliphatic heterocycles. The lowest BCUT2D eigenvalue weighted by Crippen LogP contribution is -2.58. The molecule has 0 aromatic heterocycles. The Balaban J connectivity index is 1.73. The molecule has 0 unspecified atom stereocenters. The summed E-state index contributed by atoms with van der Waals surface area (Å²) in [6.07, 6.45) is 14.0. The van der Waals surface area contributed by atoms with Crippen LogP contribution in [0.25, 0.3) is 0 Å². The average Bonchev–Trinajstić information content (AvgIpc) is 2.97. The van der Waals surface area contributed by atoms with Gasteiger partial charge in [0.05, 0.1) is 0 Å². The minimum absolute atomic E-state index is 0.0799. The van der Waals surface area contributed by atoms with Gasteiger partial charge in [0.25, 0.3) is 0 Å². The van der Waals surface area contributed by atoms with Crippen LogP contribution in [0, 0.1) is 46.8 Å². The predicted octanol–water partition coefficient (Wildman–Crippen LogP) is 5.26. The first-order chi connectivity index (χ1) is 13.6. The van der Waals surface area contributed by atoms with Gasteiger partial charge < -0.3 is 4.74 Å². The van der Waals surface area contributed by atoms with Crippen LogP contribution in [0.15, 0.2) is 24.0 Å². The molecule has 4 aliphatic carbocycles. The molecule has 0 aromatic carbocycles. The van der Waals surface area contributed by atoms with Crippen molar-refractivity contribution in [3.8, 4) is 12.3 Å². The van der Waals surface area contributed by atoms with Gasteiger partial charge in [0.2, 0.25) is 0 Å². The van der Waals surface area contributed by atoms with Gasteiger partial charge in [-0.1, -0.05) is 26.3 Å². The zero-order valence-corrected chi connectivity index (χ0v) is 18.3. The maximum absolute atomic E-state index is 12.9. The van der Waals surface area contributed by atoms with Crippen LogP contribution in [0.1, 0.15) is 72.6 Å². The lowest BCUT2D eigenvalue weighted by molar-refractivity contribution is -0.164. The molecule has 156 valence electrons. The molecule has 0 N–H and O–H groups in total. The van der Waals surface area contributed by atoms with Gasteiger partial charge in [-0.2, -0.15) is 0 Å². The third-order valence-electron chi connectivity index (χ3n) is 9.43. The van der Waals surface area contributed by atoms with Crippen molar-refractivity contribution in [2.45, 2.75) is 78.2 Å². The smallest absolute Gasteiger partial charge is 0.173 e. The van der Waals surface area contributed by atoms with Crippen LogP contribution in [-0.2, 0) is 14.3 Å². The van der Waals surface area contributed by atoms with Crippen molar-refractivity contribution in [3.05, 3.63) is 24.0 Å². The van der Waals surface area contributed by atoms with Crippen LogP contribution in [0.5, 0.6) is 0 Å². The van der Waals surface area contributed by atoms with E-state index in [2.05, 4.69) is 33.3 Å². The van der Waals surface area contributed by atoms with Gasteiger partial charge in [0.1, 0.15) is 0 Å². The maximum Gasteiger partial charge on any atom is 0.173 e. The van der Waals surface area contributed by atoms with Crippen molar-refractivity contribution in [3.63, 3.8) is 0 Å². The van der Waals surface area contributed by atoms with Gasteiger partial charge in [-0.15, -0.1) is 6.42 Å². The molecule has 0 aromatic rings. The van der Waals surface area contributed by atoms with E-state index in [0.717, 1.165) is 38.5 Å². The van der Waals surface area contributed by atoms with Crippen molar-refractivity contribution in [2.24, 2.45) is 34.5 Å². The Bertz CT molecular complexity index is 845. The lowest BCUT2D eigenvalue weighted by atomic mass is 9.44. The highest BCUT2D eigenvalue weighted by molar-refractivity contribution is 5.91. The van der Waals surface area contributed by atoms with Gasteiger partial charge in [0, 0.05) is 11.8 Å². The van der Waals surface area contributed by atoms with Gasteiger partial charge in [-0.3, -0.25) is 9.59 Å². The van der Waals surface area contributed by atoms with Crippen LogP contribution in [-0.4, -0.2) is 17.2 Å². The fourth-order valence-electron chi connectivity index (χ4n) is 8.04. The number of carbonyl (C=O) groups excluding carboxylic acids is 2. The summed E-state index contributed by atoms with van der Waals surface area (Å²) >= 11 is 0. The van der Waals surface area contributed by atoms with Crippen LogP contribution in [0.4, 0.5) is 0 Å². The molecular weight excluding hydrogens is 360 g/mol. The zero-order chi connectivity index (χ0) is 21.2. The fourth-order valence-corrected chi connectivity index (χ4v) is 8.04. The summed E-state index contributed by atoms with van der Waals surface area (Å²) in [6, 6.07) is 0. The SMILES string of the molecule is C#CC(=C)O[C@]1(C(C)=O)CC[C@H]2[C@@H]3C[C@H](C)C4=CC(=O)CC[C@]4(C)[C@H]3CC[C@@]21C. The molecule has 4 aliphatic rings. The van der Waals surface area contributed by atoms with Gasteiger partial charge >= 0.3 is 0 Å². The molecule has 0 saturated heterocycles. The van der Waals surface area contributed by atoms with Gasteiger partial charge in [-0.05, 0) is 93.1 Å². The van der Waals surface area contributed by atoms with E-state index in [1.165, 1.54) is 5.57 Å². The summed E-state index contributed by atoms with van der Waals surface area (Å²) in [5, 5.41) is 0. The molecule has 3 fully saturated rings. The number of carbonyl (C=O) groups is 2. The largest absolute Gasteiger partial charge is 0.471 e. The Morgan fingerprint density at radius 2 is 1.93 bits per heavy atom. The Morgan fingerprint density at radius 1 is 1.24 bits per heavy atom. The number of terminal acetylenes is 1. The zero-order valence-electron chi connectivity index (χ0n) is 18.3. The summed E-state index contributed by atoms with van der Waals surface area (Å²) in [7, 11) is 0. The van der Waals surface area contributed by atoms with Crippen LogP contribution in [0.2, 0.25) is 0 Å². The van der Waals surface area contributed by atoms with Crippen molar-refractivity contribution < 1.29 is 14.3 Å². The molecule has 0 spiro atoms. The average molecular weight is 395 g/mol. The van der Waals surface area contributed by atoms with Crippen LogP contribution >= 0.6 is 0 Å². The summed E-state index contributed by atoms with van der Waals surface area (Å²) in [5.41, 5.74) is 0.421. The van der Waals surface area contributed by atoms with Gasteiger partial charge in [-0.25, -0.2) is 0 Å². The normalized spacial score (nSPS) is 45.9. The summed E-state index contributed by atoms with van der Waals surface area (Å²) < 4.78 is 6.20. The van der Waals surface area contributed by atoms with Crippen molar-refractivity contribution in [2.75, 3.05) is 0 Å². The first kappa shape index (κ1) is 20.5. The van der Waals surface area contributed by atoms with E-state index in [4.69, 9.17) is 11.2 Å². The summed E-state index contributed by atoms with van der Waals surface area (Å²) in [6.45, 7) is 12.4. The molecular formula is C26H34O3. The van der Waals surface area contributed by atoms with Crippen molar-refractivity contribution in [1.82, 2.24) is 0 Å². The second-order valence-corrected chi connectivity index (χ2v) is 10.5. The van der Waals surface area contributed by atoms with E-state index >= 15 is 0 Å². The third kappa shape index (κ3) is 2.64. The first-order valence-electron chi connectivity index (χ1n) is 11.2. The molecule has 29 heavy (non-hydrogen) atoms. The molecule has 0 heterocycles. The molecule has 0 radical (unpaired) electrons. The fraction of sp³-hybridized carbons (Fsp3) is 0.692. The number of allylic oxidation sites excluding steroid dienone is 2. The highest BCUT2D eigenvalue weighted by atomic mass is 16.5. The van der Waals surface area contributed by atoms with Crippen LogP contribution < -0.4 is 0 Å². The number of ether oxygens (including phenoxy) is 1. The standard InChI is InChI=1S/C26H34O3/c1-7-17(3)29-26(18(4)27)13-10-22-20-14-16(2)23-15-19(28)8-11-24(23,5)21(20)9-12-25(22,26)6/h1,15-16,20-22H,3,8-14H2,2,4-6H3/t16-,20+,21-,22-,24+,25-,26-/m0/s1. The lowest BCUT2D eigenvalue weighted by Gasteiger charge is -2.60. The minimum Gasteiger partial charge on any atom is -0.471 e. The van der Waals surface area contributed by atoms with Crippen LogP contribution in [0.3, 0.4) is 0 Å². The first-order valence-corrected chi connectivity index (χ1v) is 11.2. The number of fused-ring (bicyclic) bond motifs is 5. The Hall–Kier alpha value is -1.82. The predicted molar refractivity (Wildman–Crippen MR) is 114 cm³/mol.